The van der Waals surface area contributed by atoms with Crippen LogP contribution in [0.2, 0.25) is 0 Å². The van der Waals surface area contributed by atoms with Gasteiger partial charge in [-0.25, -0.2) is 0 Å². The number of anilines is 1. The molecule has 1 aliphatic rings. The fourth-order valence-corrected chi connectivity index (χ4v) is 3.97. The van der Waals surface area contributed by atoms with Gasteiger partial charge in [0, 0.05) is 44.0 Å². The molecule has 0 aliphatic carbocycles. The highest BCUT2D eigenvalue weighted by atomic mass is 32.1. The van der Waals surface area contributed by atoms with E-state index in [1.54, 1.807) is 4.57 Å². The molecule has 3 aromatic rings. The van der Waals surface area contributed by atoms with Crippen molar-refractivity contribution < 1.29 is 4.79 Å². The number of hydrogen-bond donors (Lipinski definition) is 2. The van der Waals surface area contributed by atoms with Crippen LogP contribution in [0.5, 0.6) is 0 Å². The van der Waals surface area contributed by atoms with E-state index in [0.717, 1.165) is 49.5 Å². The first kappa shape index (κ1) is 21.4. The standard InChI is InChI=1S/C23H28N6OS/c1-17-4-3-5-19(14-17)22-25-26-23(31)29(22)16-21(30)24-20-8-6-18(7-9-20)15-28-12-10-27(2)11-13-28/h3-9,14H,10-13,15-16H2,1-2H3,(H,24,30)(H,26,31). The monoisotopic (exact) mass is 436 g/mol. The molecule has 2 N–H and O–H groups in total. The van der Waals surface area contributed by atoms with Crippen molar-refractivity contribution in [3.05, 3.63) is 64.4 Å². The van der Waals surface area contributed by atoms with E-state index in [1.807, 2.05) is 43.3 Å². The van der Waals surface area contributed by atoms with E-state index in [0.29, 0.717) is 10.6 Å². The molecular weight excluding hydrogens is 408 g/mol. The van der Waals surface area contributed by atoms with Crippen molar-refractivity contribution >= 4 is 23.8 Å². The molecule has 0 spiro atoms. The van der Waals surface area contributed by atoms with Gasteiger partial charge in [0.25, 0.3) is 0 Å². The lowest BCUT2D eigenvalue weighted by Gasteiger charge is -2.32. The maximum Gasteiger partial charge on any atom is 0.244 e. The number of hydrogen-bond acceptors (Lipinski definition) is 5. The van der Waals surface area contributed by atoms with Gasteiger partial charge in [0.05, 0.1) is 0 Å². The number of benzene rings is 2. The molecular formula is C23H28N6OS. The number of rotatable bonds is 6. The fraction of sp³-hybridized carbons (Fsp3) is 0.348. The van der Waals surface area contributed by atoms with Crippen molar-refractivity contribution in [2.75, 3.05) is 38.5 Å². The summed E-state index contributed by atoms with van der Waals surface area (Å²) in [5, 5.41) is 10.1. The number of amides is 1. The minimum Gasteiger partial charge on any atom is -0.325 e. The van der Waals surface area contributed by atoms with Crippen LogP contribution in [0.15, 0.2) is 48.5 Å². The highest BCUT2D eigenvalue weighted by Gasteiger charge is 2.15. The Hall–Kier alpha value is -2.81. The van der Waals surface area contributed by atoms with E-state index in [1.165, 1.54) is 5.56 Å². The third kappa shape index (κ3) is 5.46. The summed E-state index contributed by atoms with van der Waals surface area (Å²) in [4.78, 5) is 17.5. The highest BCUT2D eigenvalue weighted by molar-refractivity contribution is 7.71. The Morgan fingerprint density at radius 2 is 1.87 bits per heavy atom. The average Bonchev–Trinajstić information content (AvgIpc) is 3.11. The second kappa shape index (κ2) is 9.55. The molecule has 0 unspecified atom stereocenters. The summed E-state index contributed by atoms with van der Waals surface area (Å²) in [5.74, 6) is 0.518. The van der Waals surface area contributed by atoms with Crippen molar-refractivity contribution in [2.45, 2.75) is 20.0 Å². The van der Waals surface area contributed by atoms with Crippen LogP contribution >= 0.6 is 12.2 Å². The number of aromatic nitrogens is 3. The summed E-state index contributed by atoms with van der Waals surface area (Å²) in [6.45, 7) is 7.44. The zero-order chi connectivity index (χ0) is 21.8. The number of nitrogens with one attached hydrogen (secondary N) is 2. The molecule has 31 heavy (non-hydrogen) atoms. The van der Waals surface area contributed by atoms with Crippen LogP contribution in [0.4, 0.5) is 5.69 Å². The van der Waals surface area contributed by atoms with Crippen LogP contribution in [-0.4, -0.2) is 63.7 Å². The Morgan fingerprint density at radius 3 is 2.58 bits per heavy atom. The van der Waals surface area contributed by atoms with Gasteiger partial charge in [-0.2, -0.15) is 5.10 Å². The second-order valence-corrected chi connectivity index (χ2v) is 8.52. The number of H-pyrrole nitrogens is 1. The second-order valence-electron chi connectivity index (χ2n) is 8.13. The van der Waals surface area contributed by atoms with Gasteiger partial charge < -0.3 is 10.2 Å². The predicted molar refractivity (Wildman–Crippen MR) is 125 cm³/mol. The Bertz CT molecular complexity index is 1100. The van der Waals surface area contributed by atoms with Crippen LogP contribution in [0, 0.1) is 11.7 Å². The van der Waals surface area contributed by atoms with E-state index >= 15 is 0 Å². The molecule has 7 nitrogen and oxygen atoms in total. The molecule has 1 saturated heterocycles. The van der Waals surface area contributed by atoms with Crippen LogP contribution in [0.3, 0.4) is 0 Å². The normalized spacial score (nSPS) is 15.2. The van der Waals surface area contributed by atoms with Crippen molar-refractivity contribution in [3.8, 4) is 11.4 Å². The highest BCUT2D eigenvalue weighted by Crippen LogP contribution is 2.19. The average molecular weight is 437 g/mol. The molecule has 1 aromatic heterocycles. The number of aryl methyl sites for hydroxylation is 1. The van der Waals surface area contributed by atoms with Gasteiger partial charge in [0.2, 0.25) is 5.91 Å². The molecule has 1 aliphatic heterocycles. The summed E-state index contributed by atoms with van der Waals surface area (Å²) < 4.78 is 2.15. The summed E-state index contributed by atoms with van der Waals surface area (Å²) >= 11 is 5.35. The third-order valence-electron chi connectivity index (χ3n) is 5.58. The number of piperazine rings is 1. The summed E-state index contributed by atoms with van der Waals surface area (Å²) in [7, 11) is 2.16. The first-order chi connectivity index (χ1) is 15.0. The third-order valence-corrected chi connectivity index (χ3v) is 5.89. The Kier molecular flexibility index (Phi) is 6.60. The Labute approximate surface area is 187 Å². The van der Waals surface area contributed by atoms with Gasteiger partial charge in [-0.3, -0.25) is 19.4 Å². The number of carbonyl (C=O) groups excluding carboxylic acids is 1. The summed E-state index contributed by atoms with van der Waals surface area (Å²) in [6.07, 6.45) is 0. The van der Waals surface area contributed by atoms with E-state index in [4.69, 9.17) is 12.2 Å². The van der Waals surface area contributed by atoms with E-state index in [2.05, 4.69) is 44.5 Å². The number of likely N-dealkylation sites (N-methyl/N-ethyl adjacent to an activating group) is 1. The minimum atomic E-state index is -0.141. The molecule has 4 rings (SSSR count). The quantitative estimate of drug-likeness (QED) is 0.581. The van der Waals surface area contributed by atoms with Crippen molar-refractivity contribution in [1.82, 2.24) is 24.6 Å². The molecule has 1 amide bonds. The Morgan fingerprint density at radius 1 is 1.13 bits per heavy atom. The summed E-state index contributed by atoms with van der Waals surface area (Å²) in [5.41, 5.74) is 4.08. The zero-order valence-electron chi connectivity index (χ0n) is 18.0. The molecule has 0 bridgehead atoms. The lowest BCUT2D eigenvalue weighted by molar-refractivity contribution is -0.116. The lowest BCUT2D eigenvalue weighted by Crippen LogP contribution is -2.43. The first-order valence-corrected chi connectivity index (χ1v) is 10.9. The van der Waals surface area contributed by atoms with E-state index in [9.17, 15) is 4.79 Å². The van der Waals surface area contributed by atoms with Crippen molar-refractivity contribution in [2.24, 2.45) is 0 Å². The number of nitrogens with zero attached hydrogens (tertiary/aromatic N) is 4. The zero-order valence-corrected chi connectivity index (χ0v) is 18.8. The van der Waals surface area contributed by atoms with Gasteiger partial charge in [-0.15, -0.1) is 0 Å². The van der Waals surface area contributed by atoms with Crippen molar-refractivity contribution in [3.63, 3.8) is 0 Å². The lowest BCUT2D eigenvalue weighted by atomic mass is 10.1. The fourth-order valence-electron chi connectivity index (χ4n) is 3.77. The minimum absolute atomic E-state index is 0.0989. The predicted octanol–water partition coefficient (Wildman–Crippen LogP) is 3.30. The summed E-state index contributed by atoms with van der Waals surface area (Å²) in [6, 6.07) is 16.1. The first-order valence-electron chi connectivity index (χ1n) is 10.5. The van der Waals surface area contributed by atoms with Gasteiger partial charge in [-0.1, -0.05) is 35.9 Å². The Balaban J connectivity index is 1.38. The van der Waals surface area contributed by atoms with Crippen molar-refractivity contribution in [1.29, 1.82) is 0 Å². The number of carbonyl (C=O) groups is 1. The van der Waals surface area contributed by atoms with Gasteiger partial charge >= 0.3 is 0 Å². The molecule has 1 fully saturated rings. The molecule has 0 radical (unpaired) electrons. The van der Waals surface area contributed by atoms with Gasteiger partial charge in [0.15, 0.2) is 10.6 Å². The molecule has 162 valence electrons. The van der Waals surface area contributed by atoms with Crippen LogP contribution in [0.1, 0.15) is 11.1 Å². The smallest absolute Gasteiger partial charge is 0.244 e. The van der Waals surface area contributed by atoms with E-state index in [-0.39, 0.29) is 12.5 Å². The largest absolute Gasteiger partial charge is 0.325 e. The van der Waals surface area contributed by atoms with Crippen LogP contribution in [0.25, 0.3) is 11.4 Å². The topological polar surface area (TPSA) is 69.2 Å². The van der Waals surface area contributed by atoms with Gasteiger partial charge in [-0.05, 0) is 50.0 Å². The number of aromatic amines is 1. The molecule has 0 saturated carbocycles. The van der Waals surface area contributed by atoms with Crippen LogP contribution < -0.4 is 5.32 Å². The molecule has 2 aromatic carbocycles. The molecule has 2 heterocycles. The maximum absolute atomic E-state index is 12.7. The van der Waals surface area contributed by atoms with Gasteiger partial charge in [0.1, 0.15) is 6.54 Å². The molecule has 0 atom stereocenters. The maximum atomic E-state index is 12.7. The van der Waals surface area contributed by atoms with Crippen LogP contribution in [-0.2, 0) is 17.9 Å². The molecule has 8 heteroatoms. The SMILES string of the molecule is Cc1cccc(-c2n[nH]c(=S)n2CC(=O)Nc2ccc(CN3CCN(C)CC3)cc2)c1. The van der Waals surface area contributed by atoms with E-state index < -0.39 is 0 Å².